The first kappa shape index (κ1) is 19.5. The van der Waals surface area contributed by atoms with Crippen LogP contribution < -0.4 is 21.9 Å². The van der Waals surface area contributed by atoms with Gasteiger partial charge in [0.2, 0.25) is 0 Å². The Labute approximate surface area is 169 Å². The third-order valence-electron chi connectivity index (χ3n) is 6.97. The normalized spacial score (nSPS) is 28.2. The second-order valence-electron chi connectivity index (χ2n) is 8.86. The Kier molecular flexibility index (Phi) is 4.06. The average Bonchev–Trinajstić information content (AvgIpc) is 3.41. The fourth-order valence-corrected chi connectivity index (χ4v) is 5.32. The molecule has 2 saturated carbocycles. The number of nitrogens with two attached hydrogens (primary N) is 1. The zero-order chi connectivity index (χ0) is 21.5. The Hall–Kier alpha value is -2.49. The summed E-state index contributed by atoms with van der Waals surface area (Å²) in [5.41, 5.74) is 5.12. The molecule has 2 aromatic rings. The molecule has 1 aromatic carbocycles. The van der Waals surface area contributed by atoms with Gasteiger partial charge in [0.05, 0.1) is 22.3 Å². The number of halogens is 3. The third-order valence-corrected chi connectivity index (χ3v) is 6.97. The van der Waals surface area contributed by atoms with Gasteiger partial charge in [0, 0.05) is 37.0 Å². The molecule has 162 valence electrons. The number of anilines is 2. The van der Waals surface area contributed by atoms with Gasteiger partial charge in [-0.15, -0.1) is 0 Å². The molecule has 0 bridgehead atoms. The van der Waals surface area contributed by atoms with E-state index in [1.165, 1.54) is 4.57 Å². The number of aryl methyl sites for hydroxylation is 1. The summed E-state index contributed by atoms with van der Waals surface area (Å²) in [6, 6.07) is -0.0880. The fourth-order valence-electron chi connectivity index (χ4n) is 5.32. The van der Waals surface area contributed by atoms with Gasteiger partial charge in [0.15, 0.2) is 5.82 Å². The zero-order valence-electron chi connectivity index (χ0n) is 16.4. The molecule has 4 N–H and O–H groups in total. The topological polar surface area (TPSA) is 104 Å². The van der Waals surface area contributed by atoms with Crippen molar-refractivity contribution in [3.05, 3.63) is 32.2 Å². The van der Waals surface area contributed by atoms with Gasteiger partial charge in [0.1, 0.15) is 6.10 Å². The van der Waals surface area contributed by atoms with Crippen LogP contribution in [0.5, 0.6) is 0 Å². The number of aliphatic hydroxyl groups excluding tert-OH is 1. The SMILES string of the molecule is Cc1c(N2CC3CCC(F)(F)C(O)C3C2)c(F)c(N)c2c(=O)[nH]c(=O)n(C3CC3)c12. The summed E-state index contributed by atoms with van der Waals surface area (Å²) in [5, 5.41) is 10.1. The van der Waals surface area contributed by atoms with Gasteiger partial charge in [-0.25, -0.2) is 18.0 Å². The molecule has 0 spiro atoms. The lowest BCUT2D eigenvalue weighted by molar-refractivity contribution is -0.161. The van der Waals surface area contributed by atoms with Crippen molar-refractivity contribution < 1.29 is 18.3 Å². The minimum absolute atomic E-state index is 0.0565. The maximum absolute atomic E-state index is 15.4. The van der Waals surface area contributed by atoms with E-state index in [1.807, 2.05) is 0 Å². The van der Waals surface area contributed by atoms with Crippen LogP contribution in [0.1, 0.15) is 37.3 Å². The van der Waals surface area contributed by atoms with Crippen molar-refractivity contribution in [3.63, 3.8) is 0 Å². The molecule has 1 aromatic heterocycles. The Bertz CT molecular complexity index is 1170. The molecule has 30 heavy (non-hydrogen) atoms. The number of H-pyrrole nitrogens is 1. The summed E-state index contributed by atoms with van der Waals surface area (Å²) in [5.74, 6) is -4.84. The Balaban J connectivity index is 1.69. The molecular formula is C20H23F3N4O3. The quantitative estimate of drug-likeness (QED) is 0.639. The first-order chi connectivity index (χ1) is 14.1. The van der Waals surface area contributed by atoms with Crippen molar-refractivity contribution in [1.82, 2.24) is 9.55 Å². The predicted octanol–water partition coefficient (Wildman–Crippen LogP) is 1.90. The van der Waals surface area contributed by atoms with Crippen LogP contribution in [0, 0.1) is 24.6 Å². The molecule has 2 heterocycles. The second-order valence-corrected chi connectivity index (χ2v) is 8.86. The number of rotatable bonds is 2. The van der Waals surface area contributed by atoms with Crippen molar-refractivity contribution in [2.75, 3.05) is 23.7 Å². The molecule has 7 nitrogen and oxygen atoms in total. The first-order valence-corrected chi connectivity index (χ1v) is 10.2. The van der Waals surface area contributed by atoms with E-state index in [0.717, 1.165) is 12.8 Å². The van der Waals surface area contributed by atoms with Gasteiger partial charge in [-0.2, -0.15) is 0 Å². The van der Waals surface area contributed by atoms with Gasteiger partial charge < -0.3 is 15.7 Å². The van der Waals surface area contributed by atoms with E-state index < -0.39 is 41.4 Å². The van der Waals surface area contributed by atoms with Crippen molar-refractivity contribution in [3.8, 4) is 0 Å². The van der Waals surface area contributed by atoms with Crippen LogP contribution >= 0.6 is 0 Å². The van der Waals surface area contributed by atoms with E-state index in [2.05, 4.69) is 4.98 Å². The predicted molar refractivity (Wildman–Crippen MR) is 106 cm³/mol. The lowest BCUT2D eigenvalue weighted by Crippen LogP contribution is -2.46. The highest BCUT2D eigenvalue weighted by Crippen LogP contribution is 2.47. The Morgan fingerprint density at radius 1 is 1.20 bits per heavy atom. The van der Waals surface area contributed by atoms with Crippen LogP contribution in [0.15, 0.2) is 9.59 Å². The monoisotopic (exact) mass is 424 g/mol. The number of alkyl halides is 2. The summed E-state index contributed by atoms with van der Waals surface area (Å²) < 4.78 is 44.8. The molecule has 3 unspecified atom stereocenters. The number of hydrogen-bond donors (Lipinski definition) is 3. The molecule has 1 saturated heterocycles. The number of aromatic nitrogens is 2. The van der Waals surface area contributed by atoms with Crippen LogP contribution in [0.4, 0.5) is 24.5 Å². The van der Waals surface area contributed by atoms with Crippen molar-refractivity contribution in [1.29, 1.82) is 0 Å². The van der Waals surface area contributed by atoms with E-state index in [1.54, 1.807) is 11.8 Å². The summed E-state index contributed by atoms with van der Waals surface area (Å²) in [7, 11) is 0. The van der Waals surface area contributed by atoms with E-state index in [9.17, 15) is 23.5 Å². The second kappa shape index (κ2) is 6.26. The van der Waals surface area contributed by atoms with E-state index >= 15 is 4.39 Å². The number of nitrogens with zero attached hydrogens (tertiary/aromatic N) is 2. The van der Waals surface area contributed by atoms with Gasteiger partial charge in [-0.05, 0) is 32.1 Å². The highest BCUT2D eigenvalue weighted by atomic mass is 19.3. The standard InChI is InChI=1S/C20H23F3N4O3/c1-8-15-12(18(29)25-19(30)27(15)10-2-3-10)14(24)13(21)16(8)26-6-9-4-5-20(22,23)17(28)11(9)7-26/h9-11,17,28H,2-7,24H2,1H3,(H,25,29,30). The molecular weight excluding hydrogens is 401 g/mol. The number of nitrogens with one attached hydrogen (secondary N) is 1. The van der Waals surface area contributed by atoms with Crippen LogP contribution in [0.25, 0.3) is 10.9 Å². The number of aromatic amines is 1. The number of aliphatic hydroxyl groups is 1. The highest BCUT2D eigenvalue weighted by molar-refractivity contribution is 5.97. The lowest BCUT2D eigenvalue weighted by Gasteiger charge is -2.35. The minimum atomic E-state index is -3.16. The van der Waals surface area contributed by atoms with Gasteiger partial charge in [0.25, 0.3) is 11.5 Å². The summed E-state index contributed by atoms with van der Waals surface area (Å²) in [6.07, 6.45) is -0.414. The first-order valence-electron chi connectivity index (χ1n) is 10.2. The van der Waals surface area contributed by atoms with Crippen molar-refractivity contribution >= 4 is 22.3 Å². The molecule has 0 amide bonds. The van der Waals surface area contributed by atoms with Crippen LogP contribution in [-0.4, -0.2) is 39.8 Å². The largest absolute Gasteiger partial charge is 0.396 e. The highest BCUT2D eigenvalue weighted by Gasteiger charge is 2.53. The molecule has 5 rings (SSSR count). The molecule has 2 aliphatic carbocycles. The van der Waals surface area contributed by atoms with E-state index in [4.69, 9.17) is 5.73 Å². The van der Waals surface area contributed by atoms with E-state index in [0.29, 0.717) is 17.6 Å². The average molecular weight is 424 g/mol. The van der Waals surface area contributed by atoms with Crippen LogP contribution in [-0.2, 0) is 0 Å². The number of hydrogen-bond acceptors (Lipinski definition) is 5. The summed E-state index contributed by atoms with van der Waals surface area (Å²) >= 11 is 0. The molecule has 1 aliphatic heterocycles. The Morgan fingerprint density at radius 3 is 2.57 bits per heavy atom. The minimum Gasteiger partial charge on any atom is -0.396 e. The van der Waals surface area contributed by atoms with Crippen LogP contribution in [0.2, 0.25) is 0 Å². The summed E-state index contributed by atoms with van der Waals surface area (Å²) in [6.45, 7) is 1.98. The van der Waals surface area contributed by atoms with Crippen LogP contribution in [0.3, 0.4) is 0 Å². The van der Waals surface area contributed by atoms with Gasteiger partial charge >= 0.3 is 5.69 Å². The number of nitrogen functional groups attached to an aromatic ring is 1. The molecule has 0 radical (unpaired) electrons. The summed E-state index contributed by atoms with van der Waals surface area (Å²) in [4.78, 5) is 28.8. The van der Waals surface area contributed by atoms with Gasteiger partial charge in [-0.1, -0.05) is 0 Å². The van der Waals surface area contributed by atoms with Crippen molar-refractivity contribution in [2.24, 2.45) is 11.8 Å². The fraction of sp³-hybridized carbons (Fsp3) is 0.600. The molecule has 3 atom stereocenters. The zero-order valence-corrected chi connectivity index (χ0v) is 16.4. The Morgan fingerprint density at radius 2 is 1.90 bits per heavy atom. The molecule has 3 aliphatic rings. The maximum Gasteiger partial charge on any atom is 0.329 e. The lowest BCUT2D eigenvalue weighted by atomic mass is 9.77. The van der Waals surface area contributed by atoms with Crippen molar-refractivity contribution in [2.45, 2.75) is 50.7 Å². The maximum atomic E-state index is 15.4. The molecule has 3 fully saturated rings. The van der Waals surface area contributed by atoms with E-state index in [-0.39, 0.29) is 41.7 Å². The number of benzene rings is 1. The smallest absolute Gasteiger partial charge is 0.329 e. The number of fused-ring (bicyclic) bond motifs is 2. The molecule has 10 heteroatoms. The van der Waals surface area contributed by atoms with Gasteiger partial charge in [-0.3, -0.25) is 14.3 Å². The third kappa shape index (κ3) is 2.62.